The molecule has 0 saturated carbocycles. The second-order valence-corrected chi connectivity index (χ2v) is 8.34. The number of hydrogen-bond donors (Lipinski definition) is 2. The van der Waals surface area contributed by atoms with Gasteiger partial charge in [-0.25, -0.2) is 4.98 Å². The molecule has 0 unspecified atom stereocenters. The van der Waals surface area contributed by atoms with Crippen molar-refractivity contribution in [2.24, 2.45) is 0 Å². The van der Waals surface area contributed by atoms with Crippen molar-refractivity contribution in [3.8, 4) is 0 Å². The van der Waals surface area contributed by atoms with E-state index in [1.165, 1.54) is 30.0 Å². The van der Waals surface area contributed by atoms with Gasteiger partial charge in [-0.3, -0.25) is 14.4 Å². The zero-order valence-electron chi connectivity index (χ0n) is 15.2. The smallest absolute Gasteiger partial charge is 0.259 e. The van der Waals surface area contributed by atoms with Crippen LogP contribution in [-0.2, 0) is 10.5 Å². The average Bonchev–Trinajstić information content (AvgIpc) is 2.90. The van der Waals surface area contributed by atoms with E-state index in [1.807, 2.05) is 13.8 Å². The van der Waals surface area contributed by atoms with Gasteiger partial charge < -0.3 is 10.3 Å². The molecule has 1 amide bonds. The Balaban J connectivity index is 1.57. The number of amides is 1. The molecule has 140 valence electrons. The number of thiophene rings is 1. The lowest BCUT2D eigenvalue weighted by Gasteiger charge is -2.06. The molecular formula is C19H19N3O3S2. The third-order valence-electron chi connectivity index (χ3n) is 4.14. The van der Waals surface area contributed by atoms with Crippen LogP contribution in [0.5, 0.6) is 0 Å². The molecule has 2 heterocycles. The van der Waals surface area contributed by atoms with Gasteiger partial charge in [0.25, 0.3) is 5.56 Å². The summed E-state index contributed by atoms with van der Waals surface area (Å²) >= 11 is 2.88. The van der Waals surface area contributed by atoms with Gasteiger partial charge in [0.1, 0.15) is 10.7 Å². The normalized spacial score (nSPS) is 10.9. The van der Waals surface area contributed by atoms with E-state index in [2.05, 4.69) is 15.3 Å². The summed E-state index contributed by atoms with van der Waals surface area (Å²) in [4.78, 5) is 44.7. The number of fused-ring (bicyclic) bond motifs is 1. The zero-order chi connectivity index (χ0) is 19.6. The Morgan fingerprint density at radius 2 is 1.93 bits per heavy atom. The number of aryl methyl sites for hydroxylation is 2. The van der Waals surface area contributed by atoms with Crippen molar-refractivity contribution >= 4 is 50.7 Å². The predicted octanol–water partition coefficient (Wildman–Crippen LogP) is 3.68. The topological polar surface area (TPSA) is 91.9 Å². The van der Waals surface area contributed by atoms with Crippen LogP contribution < -0.4 is 10.9 Å². The number of hydrogen-bond acceptors (Lipinski definition) is 6. The van der Waals surface area contributed by atoms with Crippen LogP contribution in [0.2, 0.25) is 0 Å². The fourth-order valence-corrected chi connectivity index (χ4v) is 4.33. The number of aromatic nitrogens is 2. The minimum absolute atomic E-state index is 0.0157. The summed E-state index contributed by atoms with van der Waals surface area (Å²) in [5.74, 6) is 1.08. The molecule has 2 aromatic heterocycles. The minimum atomic E-state index is -0.151. The first-order chi connectivity index (χ1) is 12.8. The molecule has 0 fully saturated rings. The van der Waals surface area contributed by atoms with Gasteiger partial charge in [0, 0.05) is 16.1 Å². The van der Waals surface area contributed by atoms with Crippen LogP contribution in [0.25, 0.3) is 10.2 Å². The summed E-state index contributed by atoms with van der Waals surface area (Å²) in [6.07, 6.45) is 0. The number of ketones is 1. The Hall–Kier alpha value is -2.45. The van der Waals surface area contributed by atoms with E-state index < -0.39 is 0 Å². The maximum absolute atomic E-state index is 12.2. The van der Waals surface area contributed by atoms with Crippen LogP contribution in [0.3, 0.4) is 0 Å². The van der Waals surface area contributed by atoms with Crippen molar-refractivity contribution in [1.29, 1.82) is 0 Å². The molecule has 27 heavy (non-hydrogen) atoms. The Labute approximate surface area is 164 Å². The van der Waals surface area contributed by atoms with Gasteiger partial charge in [0.2, 0.25) is 5.91 Å². The highest BCUT2D eigenvalue weighted by molar-refractivity contribution is 7.99. The van der Waals surface area contributed by atoms with Crippen molar-refractivity contribution in [3.05, 3.63) is 56.4 Å². The number of benzene rings is 1. The monoisotopic (exact) mass is 401 g/mol. The van der Waals surface area contributed by atoms with Crippen LogP contribution in [0.1, 0.15) is 33.5 Å². The molecule has 0 aliphatic rings. The largest absolute Gasteiger partial charge is 0.325 e. The molecule has 0 atom stereocenters. The summed E-state index contributed by atoms with van der Waals surface area (Å²) in [6.45, 7) is 5.40. The lowest BCUT2D eigenvalue weighted by Crippen LogP contribution is -2.15. The first kappa shape index (κ1) is 19.3. The number of rotatable bonds is 6. The van der Waals surface area contributed by atoms with E-state index in [0.29, 0.717) is 28.2 Å². The lowest BCUT2D eigenvalue weighted by atomic mass is 10.1. The number of nitrogens with one attached hydrogen (secondary N) is 2. The Morgan fingerprint density at radius 3 is 2.59 bits per heavy atom. The average molecular weight is 402 g/mol. The third kappa shape index (κ3) is 4.45. The predicted molar refractivity (Wildman–Crippen MR) is 111 cm³/mol. The number of nitrogens with zero attached hydrogens (tertiary/aromatic N) is 1. The number of anilines is 1. The van der Waals surface area contributed by atoms with Crippen LogP contribution in [0.4, 0.5) is 5.69 Å². The van der Waals surface area contributed by atoms with Crippen LogP contribution >= 0.6 is 23.1 Å². The molecule has 8 heteroatoms. The number of carbonyl (C=O) groups excluding carboxylic acids is 2. The molecule has 0 aliphatic carbocycles. The first-order valence-electron chi connectivity index (χ1n) is 8.32. The van der Waals surface area contributed by atoms with Crippen molar-refractivity contribution in [3.63, 3.8) is 0 Å². The van der Waals surface area contributed by atoms with Crippen LogP contribution in [0, 0.1) is 13.8 Å². The van der Waals surface area contributed by atoms with Crippen molar-refractivity contribution in [1.82, 2.24) is 9.97 Å². The molecule has 2 N–H and O–H groups in total. The second-order valence-electron chi connectivity index (χ2n) is 6.15. The van der Waals surface area contributed by atoms with Gasteiger partial charge in [-0.15, -0.1) is 23.1 Å². The Bertz CT molecular complexity index is 1070. The van der Waals surface area contributed by atoms with E-state index >= 15 is 0 Å². The molecule has 0 aliphatic heterocycles. The summed E-state index contributed by atoms with van der Waals surface area (Å²) in [5.41, 5.74) is 2.08. The molecular weight excluding hydrogens is 382 g/mol. The number of carbonyl (C=O) groups is 2. The standard InChI is InChI=1S/C19H19N3O3S2/c1-10-12(3)27-19-17(10)18(25)21-15(22-19)8-26-9-16(24)20-14-6-4-13(5-7-14)11(2)23/h4-7H,8-9H2,1-3H3,(H,20,24)(H,21,22,25). The fourth-order valence-electron chi connectivity index (χ4n) is 2.59. The van der Waals surface area contributed by atoms with Crippen molar-refractivity contribution < 1.29 is 9.59 Å². The van der Waals surface area contributed by atoms with Gasteiger partial charge in [0.15, 0.2) is 5.78 Å². The Morgan fingerprint density at radius 1 is 1.22 bits per heavy atom. The van der Waals surface area contributed by atoms with E-state index in [-0.39, 0.29) is 23.0 Å². The maximum atomic E-state index is 12.2. The van der Waals surface area contributed by atoms with Gasteiger partial charge in [0.05, 0.1) is 16.9 Å². The Kier molecular flexibility index (Phi) is 5.76. The van der Waals surface area contributed by atoms with Crippen molar-refractivity contribution in [2.75, 3.05) is 11.1 Å². The molecule has 1 aromatic carbocycles. The molecule has 0 radical (unpaired) electrons. The lowest BCUT2D eigenvalue weighted by molar-refractivity contribution is -0.113. The van der Waals surface area contributed by atoms with Gasteiger partial charge in [-0.1, -0.05) is 0 Å². The summed E-state index contributed by atoms with van der Waals surface area (Å²) in [5, 5.41) is 3.44. The number of aromatic amines is 1. The molecule has 3 rings (SSSR count). The minimum Gasteiger partial charge on any atom is -0.325 e. The zero-order valence-corrected chi connectivity index (χ0v) is 16.8. The third-order valence-corrected chi connectivity index (χ3v) is 6.18. The molecule has 6 nitrogen and oxygen atoms in total. The van der Waals surface area contributed by atoms with Crippen LogP contribution in [-0.4, -0.2) is 27.4 Å². The highest BCUT2D eigenvalue weighted by atomic mass is 32.2. The second kappa shape index (κ2) is 8.06. The maximum Gasteiger partial charge on any atom is 0.259 e. The fraction of sp³-hybridized carbons (Fsp3) is 0.263. The van der Waals surface area contributed by atoms with Gasteiger partial charge in [-0.05, 0) is 50.6 Å². The number of H-pyrrole nitrogens is 1. The quantitative estimate of drug-likeness (QED) is 0.615. The molecule has 0 bridgehead atoms. The first-order valence-corrected chi connectivity index (χ1v) is 10.3. The molecule has 0 saturated heterocycles. The summed E-state index contributed by atoms with van der Waals surface area (Å²) in [6, 6.07) is 6.77. The number of thioether (sulfide) groups is 1. The molecule has 0 spiro atoms. The van der Waals surface area contributed by atoms with Crippen LogP contribution in [0.15, 0.2) is 29.1 Å². The highest BCUT2D eigenvalue weighted by Gasteiger charge is 2.12. The van der Waals surface area contributed by atoms with Crippen molar-refractivity contribution in [2.45, 2.75) is 26.5 Å². The highest BCUT2D eigenvalue weighted by Crippen LogP contribution is 2.26. The van der Waals surface area contributed by atoms with E-state index in [4.69, 9.17) is 0 Å². The van der Waals surface area contributed by atoms with E-state index in [1.54, 1.807) is 24.3 Å². The summed E-state index contributed by atoms with van der Waals surface area (Å²) < 4.78 is 0. The summed E-state index contributed by atoms with van der Waals surface area (Å²) in [7, 11) is 0. The van der Waals surface area contributed by atoms with E-state index in [9.17, 15) is 14.4 Å². The SMILES string of the molecule is CC(=O)c1ccc(NC(=O)CSCc2nc3sc(C)c(C)c3c(=O)[nH]2)cc1. The van der Waals surface area contributed by atoms with E-state index in [0.717, 1.165) is 15.3 Å². The van der Waals surface area contributed by atoms with Gasteiger partial charge >= 0.3 is 0 Å². The number of Topliss-reactive ketones (excluding diaryl/α,β-unsaturated/α-hetero) is 1. The van der Waals surface area contributed by atoms with Gasteiger partial charge in [-0.2, -0.15) is 0 Å². The molecule has 3 aromatic rings.